The molecule has 0 aliphatic carbocycles. The van der Waals surface area contributed by atoms with Gasteiger partial charge in [-0.15, -0.1) is 0 Å². The Kier molecular flexibility index (Phi) is 5.39. The van der Waals surface area contributed by atoms with Crippen molar-refractivity contribution in [2.75, 3.05) is 6.54 Å². The number of nitrogens with one attached hydrogen (secondary N) is 1. The first kappa shape index (κ1) is 13.1. The van der Waals surface area contributed by atoms with Crippen LogP contribution in [0.5, 0.6) is 0 Å². The highest BCUT2D eigenvalue weighted by molar-refractivity contribution is 5.18. The summed E-state index contributed by atoms with van der Waals surface area (Å²) in [4.78, 5) is 0. The van der Waals surface area contributed by atoms with Gasteiger partial charge in [0, 0.05) is 6.04 Å². The van der Waals surface area contributed by atoms with E-state index in [9.17, 15) is 8.78 Å². The maximum atomic E-state index is 12.2. The van der Waals surface area contributed by atoms with E-state index in [0.717, 1.165) is 12.0 Å². The Hall–Kier alpha value is -0.960. The van der Waals surface area contributed by atoms with Crippen LogP contribution in [0.1, 0.15) is 31.9 Å². The molecule has 1 nitrogen and oxygen atoms in total. The lowest BCUT2D eigenvalue weighted by atomic mass is 9.97. The Balaban J connectivity index is 2.64. The lowest BCUT2D eigenvalue weighted by molar-refractivity contribution is 0.139. The molecular weight excluding hydrogens is 208 g/mol. The van der Waals surface area contributed by atoms with Crippen LogP contribution < -0.4 is 5.32 Å². The van der Waals surface area contributed by atoms with E-state index in [0.29, 0.717) is 5.92 Å². The van der Waals surface area contributed by atoms with Gasteiger partial charge >= 0.3 is 0 Å². The summed E-state index contributed by atoms with van der Waals surface area (Å²) in [6.45, 7) is 3.95. The predicted octanol–water partition coefficient (Wildman–Crippen LogP) is 3.63. The Morgan fingerprint density at radius 3 is 2.25 bits per heavy atom. The van der Waals surface area contributed by atoms with E-state index in [2.05, 4.69) is 19.2 Å². The minimum absolute atomic E-state index is 0.0233. The molecule has 3 heteroatoms. The van der Waals surface area contributed by atoms with Crippen molar-refractivity contribution < 1.29 is 8.78 Å². The third-order valence-corrected chi connectivity index (χ3v) is 2.43. The van der Waals surface area contributed by atoms with E-state index in [4.69, 9.17) is 0 Å². The zero-order valence-corrected chi connectivity index (χ0v) is 9.79. The molecule has 0 bridgehead atoms. The number of hydrogen-bond donors (Lipinski definition) is 1. The molecule has 0 saturated heterocycles. The van der Waals surface area contributed by atoms with E-state index in [1.54, 1.807) is 0 Å². The normalized spacial score (nSPS) is 13.4. The van der Waals surface area contributed by atoms with Crippen LogP contribution in [-0.2, 0) is 0 Å². The lowest BCUT2D eigenvalue weighted by Crippen LogP contribution is -2.27. The number of benzene rings is 1. The Bertz CT molecular complexity index is 285. The fourth-order valence-corrected chi connectivity index (χ4v) is 1.73. The van der Waals surface area contributed by atoms with Crippen molar-refractivity contribution in [3.63, 3.8) is 0 Å². The molecular formula is C13H19F2N. The van der Waals surface area contributed by atoms with Crippen LogP contribution >= 0.6 is 0 Å². The zero-order valence-electron chi connectivity index (χ0n) is 9.79. The number of hydrogen-bond acceptors (Lipinski definition) is 1. The van der Waals surface area contributed by atoms with Gasteiger partial charge in [-0.05, 0) is 17.9 Å². The molecule has 0 saturated carbocycles. The number of alkyl halides is 2. The zero-order chi connectivity index (χ0) is 12.0. The van der Waals surface area contributed by atoms with Crippen LogP contribution in [0.3, 0.4) is 0 Å². The monoisotopic (exact) mass is 227 g/mol. The molecule has 0 heterocycles. The van der Waals surface area contributed by atoms with E-state index in [1.807, 2.05) is 30.3 Å². The molecule has 0 amide bonds. The predicted molar refractivity (Wildman–Crippen MR) is 62.6 cm³/mol. The van der Waals surface area contributed by atoms with Crippen LogP contribution in [0.25, 0.3) is 0 Å². The molecule has 0 aromatic heterocycles. The summed E-state index contributed by atoms with van der Waals surface area (Å²) in [6.07, 6.45) is -1.42. The highest BCUT2D eigenvalue weighted by Gasteiger charge is 2.14. The number of halogens is 2. The van der Waals surface area contributed by atoms with Crippen molar-refractivity contribution in [3.8, 4) is 0 Å². The summed E-state index contributed by atoms with van der Waals surface area (Å²) in [5, 5.41) is 2.92. The van der Waals surface area contributed by atoms with Crippen LogP contribution in [0.15, 0.2) is 30.3 Å². The van der Waals surface area contributed by atoms with Gasteiger partial charge in [0.15, 0.2) is 0 Å². The van der Waals surface area contributed by atoms with Crippen LogP contribution in [-0.4, -0.2) is 13.0 Å². The third-order valence-electron chi connectivity index (χ3n) is 2.43. The first-order chi connectivity index (χ1) is 7.59. The molecule has 0 radical (unpaired) electrons. The van der Waals surface area contributed by atoms with Gasteiger partial charge in [0.2, 0.25) is 0 Å². The summed E-state index contributed by atoms with van der Waals surface area (Å²) < 4.78 is 24.4. The summed E-state index contributed by atoms with van der Waals surface area (Å²) in [6, 6.07) is 9.79. The average molecular weight is 227 g/mol. The molecule has 1 atom stereocenters. The van der Waals surface area contributed by atoms with Gasteiger partial charge in [-0.1, -0.05) is 44.2 Å². The van der Waals surface area contributed by atoms with Crippen LogP contribution in [0, 0.1) is 5.92 Å². The van der Waals surface area contributed by atoms with E-state index >= 15 is 0 Å². The maximum absolute atomic E-state index is 12.2. The molecule has 0 aliphatic heterocycles. The SMILES string of the molecule is CC(C)CC(NCC(F)F)c1ccccc1. The third kappa shape index (κ3) is 4.71. The van der Waals surface area contributed by atoms with Crippen molar-refractivity contribution in [2.24, 2.45) is 5.92 Å². The van der Waals surface area contributed by atoms with Gasteiger partial charge < -0.3 is 5.32 Å². The first-order valence-electron chi connectivity index (χ1n) is 5.66. The Labute approximate surface area is 95.9 Å². The Morgan fingerprint density at radius 2 is 1.75 bits per heavy atom. The van der Waals surface area contributed by atoms with Crippen molar-refractivity contribution in [1.82, 2.24) is 5.32 Å². The van der Waals surface area contributed by atoms with Gasteiger partial charge in [0.25, 0.3) is 6.43 Å². The minimum Gasteiger partial charge on any atom is -0.305 e. The quantitative estimate of drug-likeness (QED) is 0.782. The molecule has 0 spiro atoms. The number of rotatable bonds is 6. The van der Waals surface area contributed by atoms with Gasteiger partial charge in [-0.2, -0.15) is 0 Å². The first-order valence-corrected chi connectivity index (χ1v) is 5.66. The fraction of sp³-hybridized carbons (Fsp3) is 0.538. The van der Waals surface area contributed by atoms with E-state index < -0.39 is 6.43 Å². The van der Waals surface area contributed by atoms with Crippen molar-refractivity contribution in [3.05, 3.63) is 35.9 Å². The topological polar surface area (TPSA) is 12.0 Å². The molecule has 90 valence electrons. The largest absolute Gasteiger partial charge is 0.305 e. The van der Waals surface area contributed by atoms with Gasteiger partial charge in [0.1, 0.15) is 0 Å². The summed E-state index contributed by atoms with van der Waals surface area (Å²) in [7, 11) is 0. The van der Waals surface area contributed by atoms with Gasteiger partial charge in [-0.3, -0.25) is 0 Å². The summed E-state index contributed by atoms with van der Waals surface area (Å²) >= 11 is 0. The summed E-state index contributed by atoms with van der Waals surface area (Å²) in [5.41, 5.74) is 1.08. The molecule has 1 N–H and O–H groups in total. The standard InChI is InChI=1S/C13H19F2N/c1-10(2)8-12(16-9-13(14)15)11-6-4-3-5-7-11/h3-7,10,12-13,16H,8-9H2,1-2H3. The second-order valence-corrected chi connectivity index (χ2v) is 4.39. The molecule has 16 heavy (non-hydrogen) atoms. The minimum atomic E-state index is -2.29. The molecule has 0 aliphatic rings. The van der Waals surface area contributed by atoms with Crippen LogP contribution in [0.2, 0.25) is 0 Å². The Morgan fingerprint density at radius 1 is 1.12 bits per heavy atom. The average Bonchev–Trinajstić information content (AvgIpc) is 2.25. The van der Waals surface area contributed by atoms with E-state index in [1.165, 1.54) is 0 Å². The summed E-state index contributed by atoms with van der Waals surface area (Å²) in [5.74, 6) is 0.482. The second kappa shape index (κ2) is 6.59. The molecule has 1 rings (SSSR count). The second-order valence-electron chi connectivity index (χ2n) is 4.39. The lowest BCUT2D eigenvalue weighted by Gasteiger charge is -2.21. The maximum Gasteiger partial charge on any atom is 0.250 e. The van der Waals surface area contributed by atoms with Crippen molar-refractivity contribution >= 4 is 0 Å². The fourth-order valence-electron chi connectivity index (χ4n) is 1.73. The van der Waals surface area contributed by atoms with E-state index in [-0.39, 0.29) is 12.6 Å². The van der Waals surface area contributed by atoms with Crippen molar-refractivity contribution in [1.29, 1.82) is 0 Å². The smallest absolute Gasteiger partial charge is 0.250 e. The van der Waals surface area contributed by atoms with Gasteiger partial charge in [-0.25, -0.2) is 8.78 Å². The highest BCUT2D eigenvalue weighted by Crippen LogP contribution is 2.21. The molecule has 1 aromatic rings. The van der Waals surface area contributed by atoms with Gasteiger partial charge in [0.05, 0.1) is 6.54 Å². The van der Waals surface area contributed by atoms with Crippen LogP contribution in [0.4, 0.5) is 8.78 Å². The molecule has 0 fully saturated rings. The molecule has 1 unspecified atom stereocenters. The molecule has 1 aromatic carbocycles. The van der Waals surface area contributed by atoms with Crippen molar-refractivity contribution in [2.45, 2.75) is 32.7 Å². The highest BCUT2D eigenvalue weighted by atomic mass is 19.3.